The zero-order chi connectivity index (χ0) is 19.4. The van der Waals surface area contributed by atoms with Crippen molar-refractivity contribution in [3.8, 4) is 5.75 Å². The number of methoxy groups -OCH3 is 1. The van der Waals surface area contributed by atoms with Gasteiger partial charge in [0.2, 0.25) is 0 Å². The van der Waals surface area contributed by atoms with Crippen molar-refractivity contribution in [3.63, 3.8) is 0 Å². The van der Waals surface area contributed by atoms with Crippen LogP contribution in [0.2, 0.25) is 0 Å². The molecule has 0 aliphatic carbocycles. The van der Waals surface area contributed by atoms with Gasteiger partial charge in [-0.1, -0.05) is 5.16 Å². The van der Waals surface area contributed by atoms with Crippen LogP contribution in [-0.2, 0) is 6.42 Å². The highest BCUT2D eigenvalue weighted by Gasteiger charge is 2.25. The summed E-state index contributed by atoms with van der Waals surface area (Å²) in [5.41, 5.74) is 1.72. The molecule has 3 rings (SSSR count). The highest BCUT2D eigenvalue weighted by atomic mass is 16.5. The predicted octanol–water partition coefficient (Wildman–Crippen LogP) is 2.94. The fourth-order valence-corrected chi connectivity index (χ4v) is 3.46. The van der Waals surface area contributed by atoms with E-state index in [0.29, 0.717) is 11.9 Å². The molecule has 7 heteroatoms. The minimum Gasteiger partial charge on any atom is -0.497 e. The fourth-order valence-electron chi connectivity index (χ4n) is 3.46. The van der Waals surface area contributed by atoms with Gasteiger partial charge in [0.25, 0.3) is 5.91 Å². The van der Waals surface area contributed by atoms with Crippen molar-refractivity contribution < 1.29 is 14.1 Å². The van der Waals surface area contributed by atoms with Crippen molar-refractivity contribution in [1.82, 2.24) is 15.0 Å². The Morgan fingerprint density at radius 1 is 1.33 bits per heavy atom. The molecule has 2 heterocycles. The number of likely N-dealkylation sites (tertiary alicyclic amines) is 1. The van der Waals surface area contributed by atoms with Gasteiger partial charge in [0.1, 0.15) is 5.75 Å². The zero-order valence-corrected chi connectivity index (χ0v) is 16.6. The first kappa shape index (κ1) is 19.2. The van der Waals surface area contributed by atoms with Crippen LogP contribution in [0.3, 0.4) is 0 Å². The number of aromatic nitrogens is 2. The number of hydrogen-bond acceptors (Lipinski definition) is 6. The molecule has 0 bridgehead atoms. The normalized spacial score (nSPS) is 15.0. The van der Waals surface area contributed by atoms with E-state index < -0.39 is 0 Å². The second-order valence-corrected chi connectivity index (χ2v) is 7.34. The molecule has 0 saturated carbocycles. The van der Waals surface area contributed by atoms with E-state index in [9.17, 15) is 4.79 Å². The second-order valence-electron chi connectivity index (χ2n) is 7.34. The number of piperidine rings is 1. The third-order valence-electron chi connectivity index (χ3n) is 5.18. The van der Waals surface area contributed by atoms with Gasteiger partial charge in [-0.25, -0.2) is 0 Å². The Morgan fingerprint density at radius 2 is 2.07 bits per heavy atom. The lowest BCUT2D eigenvalue weighted by molar-refractivity contribution is 0.0686. The molecule has 27 heavy (non-hydrogen) atoms. The Bertz CT molecular complexity index is 779. The van der Waals surface area contributed by atoms with E-state index in [0.717, 1.165) is 61.5 Å². The van der Waals surface area contributed by atoms with Gasteiger partial charge in [-0.3, -0.25) is 4.79 Å². The number of hydrogen-bond donors (Lipinski definition) is 0. The van der Waals surface area contributed by atoms with E-state index in [1.807, 2.05) is 49.0 Å². The molecule has 1 aliphatic heterocycles. The Hall–Kier alpha value is -2.57. The molecule has 1 aromatic heterocycles. The Balaban J connectivity index is 1.50. The van der Waals surface area contributed by atoms with Crippen molar-refractivity contribution in [2.45, 2.75) is 32.6 Å². The van der Waals surface area contributed by atoms with E-state index in [-0.39, 0.29) is 5.91 Å². The van der Waals surface area contributed by atoms with Gasteiger partial charge >= 0.3 is 6.01 Å². The molecule has 1 saturated heterocycles. The second kappa shape index (κ2) is 8.41. The third-order valence-corrected chi connectivity index (χ3v) is 5.18. The summed E-state index contributed by atoms with van der Waals surface area (Å²) < 4.78 is 10.4. The first-order valence-corrected chi connectivity index (χ1v) is 9.41. The van der Waals surface area contributed by atoms with Crippen LogP contribution in [0.25, 0.3) is 0 Å². The molecule has 1 aromatic carbocycles. The average Bonchev–Trinajstić information content (AvgIpc) is 3.15. The largest absolute Gasteiger partial charge is 0.497 e. The summed E-state index contributed by atoms with van der Waals surface area (Å²) in [4.78, 5) is 21.0. The van der Waals surface area contributed by atoms with Gasteiger partial charge in [-0.15, -0.1) is 0 Å². The van der Waals surface area contributed by atoms with Crippen molar-refractivity contribution >= 4 is 11.9 Å². The van der Waals surface area contributed by atoms with Gasteiger partial charge < -0.3 is 19.1 Å². The standard InChI is InChI=1S/C20H28N4O3/c1-14-13-16(26-4)6-7-17(14)19(25)24-11-9-15(10-12-24)5-8-18-21-20(23(2)3)27-22-18/h6-7,13,15H,5,8-12H2,1-4H3. The van der Waals surface area contributed by atoms with Crippen molar-refractivity contribution in [1.29, 1.82) is 0 Å². The van der Waals surface area contributed by atoms with Gasteiger partial charge in [0.15, 0.2) is 5.82 Å². The number of ether oxygens (including phenoxy) is 1. The van der Waals surface area contributed by atoms with Crippen LogP contribution in [0.15, 0.2) is 22.7 Å². The molecular formula is C20H28N4O3. The molecule has 2 aromatic rings. The smallest absolute Gasteiger partial charge is 0.323 e. The minimum absolute atomic E-state index is 0.113. The molecule has 1 aliphatic rings. The molecule has 1 fully saturated rings. The Morgan fingerprint density at radius 3 is 2.67 bits per heavy atom. The lowest BCUT2D eigenvalue weighted by Gasteiger charge is -2.32. The number of anilines is 1. The number of carbonyl (C=O) groups is 1. The maximum absolute atomic E-state index is 12.8. The summed E-state index contributed by atoms with van der Waals surface area (Å²) in [6.07, 6.45) is 3.86. The topological polar surface area (TPSA) is 71.7 Å². The zero-order valence-electron chi connectivity index (χ0n) is 16.6. The van der Waals surface area contributed by atoms with Crippen molar-refractivity contribution in [3.05, 3.63) is 35.2 Å². The molecule has 146 valence electrons. The van der Waals surface area contributed by atoms with E-state index in [1.54, 1.807) is 7.11 Å². The molecule has 0 radical (unpaired) electrons. The summed E-state index contributed by atoms with van der Waals surface area (Å²) in [6.45, 7) is 3.55. The average molecular weight is 372 g/mol. The first-order chi connectivity index (χ1) is 13.0. The van der Waals surface area contributed by atoms with Gasteiger partial charge in [0, 0.05) is 39.2 Å². The Labute approximate surface area is 160 Å². The minimum atomic E-state index is 0.113. The molecule has 0 spiro atoms. The quantitative estimate of drug-likeness (QED) is 0.776. The van der Waals surface area contributed by atoms with Crippen LogP contribution in [-0.4, -0.2) is 55.2 Å². The number of aryl methyl sites for hydroxylation is 2. The van der Waals surface area contributed by atoms with Crippen LogP contribution >= 0.6 is 0 Å². The van der Waals surface area contributed by atoms with Gasteiger partial charge in [0.05, 0.1) is 7.11 Å². The van der Waals surface area contributed by atoms with Gasteiger partial charge in [-0.05, 0) is 55.9 Å². The van der Waals surface area contributed by atoms with Crippen molar-refractivity contribution in [2.24, 2.45) is 5.92 Å². The number of amides is 1. The van der Waals surface area contributed by atoms with Crippen LogP contribution in [0, 0.1) is 12.8 Å². The fraction of sp³-hybridized carbons (Fsp3) is 0.550. The Kier molecular flexibility index (Phi) is 5.98. The molecule has 0 N–H and O–H groups in total. The highest BCUT2D eigenvalue weighted by molar-refractivity contribution is 5.95. The van der Waals surface area contributed by atoms with Crippen LogP contribution in [0.4, 0.5) is 6.01 Å². The number of benzene rings is 1. The molecule has 1 amide bonds. The maximum atomic E-state index is 12.8. The van der Waals surface area contributed by atoms with Crippen molar-refractivity contribution in [2.75, 3.05) is 39.2 Å². The van der Waals surface area contributed by atoms with Crippen LogP contribution in [0.1, 0.15) is 41.0 Å². The third kappa shape index (κ3) is 4.59. The van der Waals surface area contributed by atoms with Crippen LogP contribution in [0.5, 0.6) is 5.75 Å². The lowest BCUT2D eigenvalue weighted by Crippen LogP contribution is -2.38. The summed E-state index contributed by atoms with van der Waals surface area (Å²) in [7, 11) is 5.40. The van der Waals surface area contributed by atoms with Crippen LogP contribution < -0.4 is 9.64 Å². The highest BCUT2D eigenvalue weighted by Crippen LogP contribution is 2.25. The molecule has 0 atom stereocenters. The molecule has 0 unspecified atom stereocenters. The molecule has 7 nitrogen and oxygen atoms in total. The monoisotopic (exact) mass is 372 g/mol. The maximum Gasteiger partial charge on any atom is 0.323 e. The van der Waals surface area contributed by atoms with E-state index in [1.165, 1.54) is 0 Å². The number of nitrogens with zero attached hydrogens (tertiary/aromatic N) is 4. The summed E-state index contributed by atoms with van der Waals surface area (Å²) >= 11 is 0. The summed E-state index contributed by atoms with van der Waals surface area (Å²) in [5, 5.41) is 4.03. The van der Waals surface area contributed by atoms with E-state index in [4.69, 9.17) is 9.26 Å². The first-order valence-electron chi connectivity index (χ1n) is 9.41. The van der Waals surface area contributed by atoms with E-state index in [2.05, 4.69) is 10.1 Å². The summed E-state index contributed by atoms with van der Waals surface area (Å²) in [6, 6.07) is 6.16. The molecular weight excluding hydrogens is 344 g/mol. The van der Waals surface area contributed by atoms with Gasteiger partial charge in [-0.2, -0.15) is 4.98 Å². The lowest BCUT2D eigenvalue weighted by atomic mass is 9.91. The number of carbonyl (C=O) groups excluding carboxylic acids is 1. The predicted molar refractivity (Wildman–Crippen MR) is 103 cm³/mol. The SMILES string of the molecule is COc1ccc(C(=O)N2CCC(CCc3noc(N(C)C)n3)CC2)c(C)c1. The number of rotatable bonds is 6. The van der Waals surface area contributed by atoms with E-state index >= 15 is 0 Å². The summed E-state index contributed by atoms with van der Waals surface area (Å²) in [5.74, 6) is 2.24.